The standard InChI is InChI=1S/C11H15NO/c1-3-10(12-2)9-13-11-7-5-4-6-8-11/h3-8,10,12H,1,9H2,2H3. The molecule has 1 unspecified atom stereocenters. The number of benzene rings is 1. The van der Waals surface area contributed by atoms with Gasteiger partial charge in [0.05, 0.1) is 6.04 Å². The van der Waals surface area contributed by atoms with Crippen molar-refractivity contribution in [3.05, 3.63) is 43.0 Å². The summed E-state index contributed by atoms with van der Waals surface area (Å²) >= 11 is 0. The highest BCUT2D eigenvalue weighted by molar-refractivity contribution is 5.21. The highest BCUT2D eigenvalue weighted by Crippen LogP contribution is 2.08. The minimum atomic E-state index is 0.209. The molecule has 0 amide bonds. The van der Waals surface area contributed by atoms with Crippen molar-refractivity contribution in [1.82, 2.24) is 5.32 Å². The summed E-state index contributed by atoms with van der Waals surface area (Å²) in [5.41, 5.74) is 0. The molecule has 0 radical (unpaired) electrons. The largest absolute Gasteiger partial charge is 0.492 e. The first kappa shape index (κ1) is 9.81. The minimum Gasteiger partial charge on any atom is -0.492 e. The van der Waals surface area contributed by atoms with Crippen molar-refractivity contribution in [2.45, 2.75) is 6.04 Å². The first-order valence-corrected chi connectivity index (χ1v) is 4.34. The van der Waals surface area contributed by atoms with E-state index in [1.807, 2.05) is 43.5 Å². The van der Waals surface area contributed by atoms with Crippen LogP contribution in [0.5, 0.6) is 5.75 Å². The van der Waals surface area contributed by atoms with Crippen LogP contribution in [0.15, 0.2) is 43.0 Å². The van der Waals surface area contributed by atoms with Crippen LogP contribution in [0.3, 0.4) is 0 Å². The number of hydrogen-bond donors (Lipinski definition) is 1. The molecule has 1 atom stereocenters. The molecule has 0 aliphatic heterocycles. The number of hydrogen-bond acceptors (Lipinski definition) is 2. The number of ether oxygens (including phenoxy) is 1. The fourth-order valence-electron chi connectivity index (χ4n) is 0.972. The molecule has 0 saturated heterocycles. The van der Waals surface area contributed by atoms with E-state index in [0.29, 0.717) is 6.61 Å². The molecule has 0 fully saturated rings. The van der Waals surface area contributed by atoms with Gasteiger partial charge < -0.3 is 10.1 Å². The van der Waals surface area contributed by atoms with Gasteiger partial charge in [0, 0.05) is 0 Å². The lowest BCUT2D eigenvalue weighted by molar-refractivity contribution is 0.292. The number of rotatable bonds is 5. The predicted molar refractivity (Wildman–Crippen MR) is 55.0 cm³/mol. The van der Waals surface area contributed by atoms with Gasteiger partial charge in [-0.05, 0) is 19.2 Å². The summed E-state index contributed by atoms with van der Waals surface area (Å²) in [5.74, 6) is 0.893. The van der Waals surface area contributed by atoms with Gasteiger partial charge in [0.2, 0.25) is 0 Å². The average molecular weight is 177 g/mol. The van der Waals surface area contributed by atoms with E-state index >= 15 is 0 Å². The molecule has 1 aromatic rings. The Hall–Kier alpha value is -1.28. The second kappa shape index (κ2) is 5.38. The van der Waals surface area contributed by atoms with Crippen LogP contribution in [0.1, 0.15) is 0 Å². The lowest BCUT2D eigenvalue weighted by Crippen LogP contribution is -2.29. The Bertz CT molecular complexity index is 246. The second-order valence-electron chi connectivity index (χ2n) is 2.75. The summed E-state index contributed by atoms with van der Waals surface area (Å²) in [4.78, 5) is 0. The maximum atomic E-state index is 5.52. The van der Waals surface area contributed by atoms with Crippen LogP contribution >= 0.6 is 0 Å². The summed E-state index contributed by atoms with van der Waals surface area (Å²) in [6.45, 7) is 4.32. The molecule has 2 heteroatoms. The first-order valence-electron chi connectivity index (χ1n) is 4.34. The third-order valence-corrected chi connectivity index (χ3v) is 1.83. The number of para-hydroxylation sites is 1. The van der Waals surface area contributed by atoms with E-state index in [1.165, 1.54) is 0 Å². The Kier molecular flexibility index (Phi) is 4.06. The number of nitrogens with one attached hydrogen (secondary N) is 1. The van der Waals surface area contributed by atoms with Crippen molar-refractivity contribution in [3.63, 3.8) is 0 Å². The summed E-state index contributed by atoms with van der Waals surface area (Å²) in [7, 11) is 1.89. The third kappa shape index (κ3) is 3.30. The van der Waals surface area contributed by atoms with Crippen molar-refractivity contribution in [3.8, 4) is 5.75 Å². The Morgan fingerprint density at radius 1 is 1.46 bits per heavy atom. The van der Waals surface area contributed by atoms with Gasteiger partial charge in [-0.3, -0.25) is 0 Å². The molecule has 0 bridgehead atoms. The molecule has 0 spiro atoms. The van der Waals surface area contributed by atoms with Crippen LogP contribution in [0.4, 0.5) is 0 Å². The quantitative estimate of drug-likeness (QED) is 0.693. The molecule has 0 saturated carbocycles. The summed E-state index contributed by atoms with van der Waals surface area (Å²) < 4.78 is 5.52. The van der Waals surface area contributed by atoms with E-state index in [2.05, 4.69) is 11.9 Å². The van der Waals surface area contributed by atoms with Gasteiger partial charge in [0.25, 0.3) is 0 Å². The van der Waals surface area contributed by atoms with Gasteiger partial charge in [-0.1, -0.05) is 24.3 Å². The lowest BCUT2D eigenvalue weighted by Gasteiger charge is -2.12. The van der Waals surface area contributed by atoms with E-state index in [-0.39, 0.29) is 6.04 Å². The molecule has 2 nitrogen and oxygen atoms in total. The Labute approximate surface area is 79.2 Å². The van der Waals surface area contributed by atoms with E-state index in [9.17, 15) is 0 Å². The van der Waals surface area contributed by atoms with Gasteiger partial charge >= 0.3 is 0 Å². The zero-order valence-corrected chi connectivity index (χ0v) is 7.86. The molecule has 0 heterocycles. The van der Waals surface area contributed by atoms with Gasteiger partial charge in [-0.15, -0.1) is 6.58 Å². The molecule has 70 valence electrons. The molecule has 0 aliphatic rings. The zero-order chi connectivity index (χ0) is 9.52. The normalized spacial score (nSPS) is 12.1. The van der Waals surface area contributed by atoms with E-state index < -0.39 is 0 Å². The third-order valence-electron chi connectivity index (χ3n) is 1.83. The Morgan fingerprint density at radius 2 is 2.15 bits per heavy atom. The second-order valence-corrected chi connectivity index (χ2v) is 2.75. The molecular formula is C11H15NO. The van der Waals surface area contributed by atoms with Crippen molar-refractivity contribution >= 4 is 0 Å². The Morgan fingerprint density at radius 3 is 2.69 bits per heavy atom. The van der Waals surface area contributed by atoms with Crippen molar-refractivity contribution in [2.24, 2.45) is 0 Å². The van der Waals surface area contributed by atoms with Crippen LogP contribution in [0, 0.1) is 0 Å². The molecule has 1 rings (SSSR count). The average Bonchev–Trinajstić information content (AvgIpc) is 2.21. The van der Waals surface area contributed by atoms with E-state index in [1.54, 1.807) is 0 Å². The van der Waals surface area contributed by atoms with E-state index in [0.717, 1.165) is 5.75 Å². The van der Waals surface area contributed by atoms with Crippen molar-refractivity contribution in [2.75, 3.05) is 13.7 Å². The van der Waals surface area contributed by atoms with Crippen molar-refractivity contribution < 1.29 is 4.74 Å². The zero-order valence-electron chi connectivity index (χ0n) is 7.86. The summed E-state index contributed by atoms with van der Waals surface area (Å²) in [6.07, 6.45) is 1.84. The van der Waals surface area contributed by atoms with Crippen LogP contribution in [0.25, 0.3) is 0 Å². The monoisotopic (exact) mass is 177 g/mol. The highest BCUT2D eigenvalue weighted by Gasteiger charge is 2.00. The van der Waals surface area contributed by atoms with Gasteiger partial charge in [0.1, 0.15) is 12.4 Å². The fourth-order valence-corrected chi connectivity index (χ4v) is 0.972. The topological polar surface area (TPSA) is 21.3 Å². The fraction of sp³-hybridized carbons (Fsp3) is 0.273. The molecule has 13 heavy (non-hydrogen) atoms. The predicted octanol–water partition coefficient (Wildman–Crippen LogP) is 1.84. The maximum Gasteiger partial charge on any atom is 0.119 e. The summed E-state index contributed by atoms with van der Waals surface area (Å²) in [5, 5.41) is 3.08. The van der Waals surface area contributed by atoms with Crippen LogP contribution in [0.2, 0.25) is 0 Å². The lowest BCUT2D eigenvalue weighted by atomic mass is 10.3. The van der Waals surface area contributed by atoms with Gasteiger partial charge in [-0.2, -0.15) is 0 Å². The van der Waals surface area contributed by atoms with Crippen LogP contribution in [-0.4, -0.2) is 19.7 Å². The van der Waals surface area contributed by atoms with Crippen LogP contribution in [-0.2, 0) is 0 Å². The van der Waals surface area contributed by atoms with E-state index in [4.69, 9.17) is 4.74 Å². The molecular weight excluding hydrogens is 162 g/mol. The SMILES string of the molecule is C=CC(COc1ccccc1)NC. The minimum absolute atomic E-state index is 0.209. The summed E-state index contributed by atoms with van der Waals surface area (Å²) in [6, 6.07) is 9.97. The van der Waals surface area contributed by atoms with Crippen LogP contribution < -0.4 is 10.1 Å². The highest BCUT2D eigenvalue weighted by atomic mass is 16.5. The van der Waals surface area contributed by atoms with Crippen molar-refractivity contribution in [1.29, 1.82) is 0 Å². The molecule has 1 N–H and O–H groups in total. The molecule has 1 aromatic carbocycles. The van der Waals surface area contributed by atoms with Gasteiger partial charge in [0.15, 0.2) is 0 Å². The van der Waals surface area contributed by atoms with Gasteiger partial charge in [-0.25, -0.2) is 0 Å². The molecule has 0 aliphatic carbocycles. The first-order chi connectivity index (χ1) is 6.36. The number of likely N-dealkylation sites (N-methyl/N-ethyl adjacent to an activating group) is 1. The maximum absolute atomic E-state index is 5.52. The Balaban J connectivity index is 2.38. The smallest absolute Gasteiger partial charge is 0.119 e. The molecule has 0 aromatic heterocycles.